The van der Waals surface area contributed by atoms with Gasteiger partial charge in [0.05, 0.1) is 20.3 Å². The quantitative estimate of drug-likeness (QED) is 0.799. The minimum absolute atomic E-state index is 0.0121. The third-order valence-corrected chi connectivity index (χ3v) is 4.16. The molecule has 25 heavy (non-hydrogen) atoms. The summed E-state index contributed by atoms with van der Waals surface area (Å²) in [6.07, 6.45) is 0.512. The number of benzene rings is 1. The van der Waals surface area contributed by atoms with Crippen molar-refractivity contribution in [3.63, 3.8) is 0 Å². The molecular weight excluding hydrogens is 322 g/mol. The maximum atomic E-state index is 12.0. The highest BCUT2D eigenvalue weighted by Gasteiger charge is 2.22. The molecule has 7 nitrogen and oxygen atoms in total. The van der Waals surface area contributed by atoms with Crippen molar-refractivity contribution in [2.24, 2.45) is 0 Å². The average Bonchev–Trinajstić information content (AvgIpc) is 2.63. The van der Waals surface area contributed by atoms with Crippen molar-refractivity contribution in [2.75, 3.05) is 53.0 Å². The molecule has 0 radical (unpaired) electrons. The molecule has 1 aliphatic heterocycles. The normalized spacial score (nSPS) is 14.9. The van der Waals surface area contributed by atoms with Crippen LogP contribution in [0.3, 0.4) is 0 Å². The van der Waals surface area contributed by atoms with E-state index in [0.29, 0.717) is 45.9 Å². The van der Waals surface area contributed by atoms with Crippen molar-refractivity contribution in [2.45, 2.75) is 13.3 Å². The molecule has 1 saturated heterocycles. The lowest BCUT2D eigenvalue weighted by atomic mass is 10.1. The largest absolute Gasteiger partial charge is 0.497 e. The lowest BCUT2D eigenvalue weighted by molar-refractivity contribution is -0.122. The molecule has 0 saturated carbocycles. The lowest BCUT2D eigenvalue weighted by Gasteiger charge is -2.33. The third-order valence-electron chi connectivity index (χ3n) is 4.16. The smallest absolute Gasteiger partial charge is 0.409 e. The number of ether oxygens (including phenoxy) is 2. The Hall–Kier alpha value is -2.28. The van der Waals surface area contributed by atoms with E-state index in [0.717, 1.165) is 17.7 Å². The Bertz CT molecular complexity index is 554. The Labute approximate surface area is 148 Å². The van der Waals surface area contributed by atoms with E-state index in [1.165, 1.54) is 0 Å². The lowest BCUT2D eigenvalue weighted by Crippen LogP contribution is -2.51. The van der Waals surface area contributed by atoms with Crippen molar-refractivity contribution < 1.29 is 19.1 Å². The number of piperazine rings is 1. The predicted octanol–water partition coefficient (Wildman–Crippen LogP) is 1.13. The van der Waals surface area contributed by atoms with Crippen LogP contribution in [-0.2, 0) is 16.0 Å². The monoisotopic (exact) mass is 349 g/mol. The number of carbonyl (C=O) groups is 2. The number of hydrogen-bond donors (Lipinski definition) is 1. The fourth-order valence-electron chi connectivity index (χ4n) is 2.70. The fraction of sp³-hybridized carbons (Fsp3) is 0.556. The summed E-state index contributed by atoms with van der Waals surface area (Å²) in [6, 6.07) is 7.83. The second-order valence-corrected chi connectivity index (χ2v) is 5.91. The van der Waals surface area contributed by atoms with E-state index in [9.17, 15) is 9.59 Å². The van der Waals surface area contributed by atoms with E-state index in [2.05, 4.69) is 10.2 Å². The van der Waals surface area contributed by atoms with Crippen LogP contribution in [0.25, 0.3) is 0 Å². The van der Waals surface area contributed by atoms with Crippen LogP contribution in [0.2, 0.25) is 0 Å². The van der Waals surface area contributed by atoms with Crippen LogP contribution in [0.4, 0.5) is 4.79 Å². The molecule has 0 atom stereocenters. The molecule has 0 aliphatic carbocycles. The molecule has 2 amide bonds. The van der Waals surface area contributed by atoms with Crippen molar-refractivity contribution >= 4 is 12.0 Å². The molecule has 0 aromatic heterocycles. The average molecular weight is 349 g/mol. The van der Waals surface area contributed by atoms with Gasteiger partial charge in [0.2, 0.25) is 5.91 Å². The standard InChI is InChI=1S/C18H27N3O4/c1-3-25-18(23)21-12-10-20(11-13-21)14-17(22)19-9-8-15-4-6-16(24-2)7-5-15/h4-7H,3,8-14H2,1-2H3,(H,19,22). The van der Waals surface area contributed by atoms with Gasteiger partial charge in [-0.05, 0) is 31.0 Å². The van der Waals surface area contributed by atoms with Crippen LogP contribution in [0.1, 0.15) is 12.5 Å². The van der Waals surface area contributed by atoms with Gasteiger partial charge in [-0.3, -0.25) is 9.69 Å². The molecule has 0 spiro atoms. The van der Waals surface area contributed by atoms with Gasteiger partial charge in [-0.1, -0.05) is 12.1 Å². The molecule has 1 aromatic carbocycles. The summed E-state index contributed by atoms with van der Waals surface area (Å²) in [5, 5.41) is 2.94. The second-order valence-electron chi connectivity index (χ2n) is 5.91. The highest BCUT2D eigenvalue weighted by Crippen LogP contribution is 2.11. The van der Waals surface area contributed by atoms with Gasteiger partial charge in [-0.2, -0.15) is 0 Å². The first kappa shape index (κ1) is 19.1. The SMILES string of the molecule is CCOC(=O)N1CCN(CC(=O)NCCc2ccc(OC)cc2)CC1. The van der Waals surface area contributed by atoms with E-state index in [4.69, 9.17) is 9.47 Å². The van der Waals surface area contributed by atoms with E-state index in [1.54, 1.807) is 18.9 Å². The van der Waals surface area contributed by atoms with Gasteiger partial charge < -0.3 is 19.7 Å². The molecule has 1 N–H and O–H groups in total. The van der Waals surface area contributed by atoms with E-state index in [1.807, 2.05) is 24.3 Å². The van der Waals surface area contributed by atoms with Crippen molar-refractivity contribution in [1.29, 1.82) is 0 Å². The van der Waals surface area contributed by atoms with Crippen LogP contribution < -0.4 is 10.1 Å². The van der Waals surface area contributed by atoms with Gasteiger partial charge in [0, 0.05) is 32.7 Å². The molecule has 1 fully saturated rings. The fourth-order valence-corrected chi connectivity index (χ4v) is 2.70. The summed E-state index contributed by atoms with van der Waals surface area (Å²) >= 11 is 0. The minimum atomic E-state index is -0.272. The van der Waals surface area contributed by atoms with Crippen LogP contribution in [0.15, 0.2) is 24.3 Å². The predicted molar refractivity (Wildman–Crippen MR) is 94.7 cm³/mol. The number of hydrogen-bond acceptors (Lipinski definition) is 5. The van der Waals surface area contributed by atoms with E-state index in [-0.39, 0.29) is 12.0 Å². The summed E-state index contributed by atoms with van der Waals surface area (Å²) in [6.45, 7) is 5.71. The first-order valence-electron chi connectivity index (χ1n) is 8.66. The first-order valence-corrected chi connectivity index (χ1v) is 8.66. The van der Waals surface area contributed by atoms with Gasteiger partial charge in [0.25, 0.3) is 0 Å². The van der Waals surface area contributed by atoms with E-state index < -0.39 is 0 Å². The number of carbonyl (C=O) groups excluding carboxylic acids is 2. The maximum Gasteiger partial charge on any atom is 0.409 e. The Kier molecular flexibility index (Phi) is 7.53. The van der Waals surface area contributed by atoms with Crippen LogP contribution in [-0.4, -0.2) is 74.8 Å². The number of nitrogens with zero attached hydrogens (tertiary/aromatic N) is 2. The molecule has 0 bridgehead atoms. The van der Waals surface area contributed by atoms with Crippen LogP contribution >= 0.6 is 0 Å². The van der Waals surface area contributed by atoms with Crippen molar-refractivity contribution in [1.82, 2.24) is 15.1 Å². The summed E-state index contributed by atoms with van der Waals surface area (Å²) < 4.78 is 10.1. The van der Waals surface area contributed by atoms with Gasteiger partial charge >= 0.3 is 6.09 Å². The molecule has 2 rings (SSSR count). The summed E-state index contributed by atoms with van der Waals surface area (Å²) in [5.74, 6) is 0.841. The Morgan fingerprint density at radius 2 is 1.80 bits per heavy atom. The zero-order valence-electron chi connectivity index (χ0n) is 15.0. The van der Waals surface area contributed by atoms with Gasteiger partial charge in [0.15, 0.2) is 0 Å². The topological polar surface area (TPSA) is 71.1 Å². The van der Waals surface area contributed by atoms with Gasteiger partial charge in [-0.15, -0.1) is 0 Å². The summed E-state index contributed by atoms with van der Waals surface area (Å²) in [7, 11) is 1.64. The molecular formula is C18H27N3O4. The Morgan fingerprint density at radius 3 is 2.40 bits per heavy atom. The molecule has 1 heterocycles. The number of amides is 2. The van der Waals surface area contributed by atoms with E-state index >= 15 is 0 Å². The summed E-state index contributed by atoms with van der Waals surface area (Å²) in [5.41, 5.74) is 1.16. The van der Waals surface area contributed by atoms with Crippen LogP contribution in [0, 0.1) is 0 Å². The maximum absolute atomic E-state index is 12.0. The van der Waals surface area contributed by atoms with Gasteiger partial charge in [-0.25, -0.2) is 4.79 Å². The number of methoxy groups -OCH3 is 1. The zero-order valence-corrected chi connectivity index (χ0v) is 15.0. The Morgan fingerprint density at radius 1 is 1.12 bits per heavy atom. The number of rotatable bonds is 7. The molecule has 138 valence electrons. The summed E-state index contributed by atoms with van der Waals surface area (Å²) in [4.78, 5) is 27.4. The second kappa shape index (κ2) is 9.88. The highest BCUT2D eigenvalue weighted by atomic mass is 16.6. The molecule has 7 heteroatoms. The van der Waals surface area contributed by atoms with Crippen molar-refractivity contribution in [3.05, 3.63) is 29.8 Å². The van der Waals surface area contributed by atoms with Crippen molar-refractivity contribution in [3.8, 4) is 5.75 Å². The van der Waals surface area contributed by atoms with Gasteiger partial charge in [0.1, 0.15) is 5.75 Å². The first-order chi connectivity index (χ1) is 12.1. The highest BCUT2D eigenvalue weighted by molar-refractivity contribution is 5.78. The molecule has 0 unspecified atom stereocenters. The minimum Gasteiger partial charge on any atom is -0.497 e. The molecule has 1 aliphatic rings. The van der Waals surface area contributed by atoms with Crippen LogP contribution in [0.5, 0.6) is 5.75 Å². The molecule has 1 aromatic rings. The Balaban J connectivity index is 1.63. The number of nitrogens with one attached hydrogen (secondary N) is 1. The zero-order chi connectivity index (χ0) is 18.1. The third kappa shape index (κ3) is 6.26.